The summed E-state index contributed by atoms with van der Waals surface area (Å²) in [5.74, 6) is 0. The Kier molecular flexibility index (Phi) is 16.2. The maximum absolute atomic E-state index is 9.48. The molecule has 0 fully saturated rings. The summed E-state index contributed by atoms with van der Waals surface area (Å²) >= 11 is 0. The van der Waals surface area contributed by atoms with E-state index in [0.29, 0.717) is 0 Å². The second-order valence-corrected chi connectivity index (χ2v) is 6.96. The monoisotopic (exact) mass is 590 g/mol. The molecule has 0 aromatic heterocycles. The number of phosphoric acid groups is 4. The van der Waals surface area contributed by atoms with Crippen molar-refractivity contribution in [1.82, 2.24) is 0 Å². The number of hydrogen-bond acceptors (Lipinski definition) is 12. The van der Waals surface area contributed by atoms with Crippen LogP contribution < -0.4 is 29.4 Å². The number of hydrogen-bond donors (Lipinski definition) is 2. The first kappa shape index (κ1) is 30.0. The normalized spacial score (nSPS) is 17.2. The van der Waals surface area contributed by atoms with Gasteiger partial charge in [0, 0.05) is 0 Å². The van der Waals surface area contributed by atoms with E-state index < -0.39 is 31.3 Å². The second kappa shape index (κ2) is 10.8. The van der Waals surface area contributed by atoms with Gasteiger partial charge < -0.3 is 52.6 Å². The molecule has 20 heavy (non-hydrogen) atoms. The molecule has 0 aliphatic heterocycles. The topological polar surface area (TPSA) is 266 Å². The van der Waals surface area contributed by atoms with Crippen LogP contribution in [-0.4, -0.2) is 57.6 Å². The van der Waals surface area contributed by atoms with Crippen LogP contribution in [0.5, 0.6) is 0 Å². The molecule has 2 unspecified atom stereocenters. The van der Waals surface area contributed by atoms with E-state index in [4.69, 9.17) is 9.79 Å². The quantitative estimate of drug-likeness (QED) is 0.229. The fourth-order valence-corrected chi connectivity index (χ4v) is 2.28. The van der Waals surface area contributed by atoms with Gasteiger partial charge in [-0.1, -0.05) is 0 Å². The maximum Gasteiger partial charge on any atom is 4.00 e. The summed E-state index contributed by atoms with van der Waals surface area (Å²) in [5.41, 5.74) is 0. The molecule has 0 aliphatic rings. The van der Waals surface area contributed by atoms with Gasteiger partial charge in [-0.2, -0.15) is 0 Å². The Morgan fingerprint density at radius 3 is 0.850 bits per heavy atom. The van der Waals surface area contributed by atoms with Crippen molar-refractivity contribution < 1.29 is 66.0 Å². The van der Waals surface area contributed by atoms with Crippen LogP contribution in [0.1, 0.15) is 0 Å². The molecule has 0 rings (SSSR count). The summed E-state index contributed by atoms with van der Waals surface area (Å²) in [6.07, 6.45) is 0. The third kappa shape index (κ3) is 36.9. The molecule has 0 aromatic rings. The molecule has 2 radical (unpaired) electrons. The van der Waals surface area contributed by atoms with Crippen LogP contribution >= 0.6 is 31.3 Å². The van der Waals surface area contributed by atoms with Crippen molar-refractivity contribution in [3.63, 3.8) is 0 Å². The van der Waals surface area contributed by atoms with E-state index >= 15 is 0 Å². The van der Waals surface area contributed by atoms with Gasteiger partial charge in [0.05, 0.1) is 15.6 Å². The first-order chi connectivity index (χ1) is 7.41. The van der Waals surface area contributed by atoms with Gasteiger partial charge >= 0.3 is 47.8 Å². The molecule has 0 saturated carbocycles. The van der Waals surface area contributed by atoms with E-state index in [-0.39, 0.29) is 47.8 Å². The van der Waals surface area contributed by atoms with Gasteiger partial charge in [-0.25, -0.2) is 4.31 Å². The average molecular weight is 587 g/mol. The average Bonchev–Trinajstić information content (AvgIpc) is 1.64. The zero-order valence-corrected chi connectivity index (χ0v) is 17.9. The largest absolute Gasteiger partial charge is 4.00 e. The minimum atomic E-state index is -5.68. The van der Waals surface area contributed by atoms with Gasteiger partial charge in [-0.15, -0.1) is 0 Å². The number of rotatable bonds is 4. The summed E-state index contributed by atoms with van der Waals surface area (Å²) in [5, 5.41) is 0. The predicted octanol–water partition coefficient (Wildman–Crippen LogP) is -6.18. The van der Waals surface area contributed by atoms with Crippen LogP contribution in [0.3, 0.4) is 0 Å². The van der Waals surface area contributed by atoms with Gasteiger partial charge in [0.15, 0.2) is 0 Å². The third-order valence-corrected chi connectivity index (χ3v) is 3.66. The Morgan fingerprint density at radius 1 is 0.650 bits per heavy atom. The van der Waals surface area contributed by atoms with Crippen LogP contribution in [0.2, 0.25) is 0 Å². The molecule has 14 nitrogen and oxygen atoms in total. The van der Waals surface area contributed by atoms with E-state index in [0.717, 1.165) is 0 Å². The van der Waals surface area contributed by atoms with Crippen molar-refractivity contribution in [3.8, 4) is 0 Å². The zero-order chi connectivity index (χ0) is 15.4. The Morgan fingerprint density at radius 2 is 0.850 bits per heavy atom. The SMILES string of the molecule is O=P([O-])(O)OP(=O)([O-])O.O=P([O-])([O-])OP(=O)([O-])[O-].[Sn+2].[Sn+4]. The molecular formula is H2O14P4Sn2. The van der Waals surface area contributed by atoms with Gasteiger partial charge in [-0.3, -0.25) is 9.13 Å². The van der Waals surface area contributed by atoms with E-state index in [9.17, 15) is 47.6 Å². The fraction of sp³-hybridized carbons (Fsp3) is 0. The van der Waals surface area contributed by atoms with Crippen molar-refractivity contribution in [2.24, 2.45) is 0 Å². The van der Waals surface area contributed by atoms with Gasteiger partial charge in [0.1, 0.15) is 0 Å². The summed E-state index contributed by atoms with van der Waals surface area (Å²) in [6.45, 7) is 0. The molecule has 0 bridgehead atoms. The molecule has 2 N–H and O–H groups in total. The molecule has 0 amide bonds. The minimum absolute atomic E-state index is 0. The predicted molar refractivity (Wildman–Crippen MR) is 48.5 cm³/mol. The van der Waals surface area contributed by atoms with E-state index in [1.54, 1.807) is 0 Å². The van der Waals surface area contributed by atoms with Gasteiger partial charge in [0.2, 0.25) is 0 Å². The molecule has 0 aliphatic carbocycles. The smallest absolute Gasteiger partial charge is 0.790 e. The summed E-state index contributed by atoms with van der Waals surface area (Å²) < 4.78 is 42.9. The van der Waals surface area contributed by atoms with Crippen LogP contribution in [0.4, 0.5) is 0 Å². The first-order valence-electron chi connectivity index (χ1n) is 2.96. The van der Waals surface area contributed by atoms with Crippen molar-refractivity contribution in [3.05, 3.63) is 0 Å². The molecule has 0 aromatic carbocycles. The van der Waals surface area contributed by atoms with Crippen LogP contribution in [-0.2, 0) is 26.9 Å². The second-order valence-electron chi connectivity index (χ2n) is 1.99. The van der Waals surface area contributed by atoms with Crippen LogP contribution in [0.25, 0.3) is 0 Å². The minimum Gasteiger partial charge on any atom is -0.790 e. The summed E-state index contributed by atoms with van der Waals surface area (Å²) in [7, 11) is -22.1. The van der Waals surface area contributed by atoms with Crippen LogP contribution in [0, 0.1) is 0 Å². The van der Waals surface area contributed by atoms with Crippen molar-refractivity contribution in [1.29, 1.82) is 0 Å². The maximum atomic E-state index is 9.48. The Balaban J connectivity index is -0.000000116. The van der Waals surface area contributed by atoms with Crippen molar-refractivity contribution >= 4 is 79.1 Å². The molecule has 114 valence electrons. The molecule has 0 saturated heterocycles. The molecule has 2 atom stereocenters. The zero-order valence-electron chi connectivity index (χ0n) is 8.58. The molecule has 20 heteroatoms. The molecule has 0 heterocycles. The Hall–Kier alpha value is 2.12. The van der Waals surface area contributed by atoms with E-state index in [1.807, 2.05) is 0 Å². The molecular weight excluding hydrogens is 585 g/mol. The molecule has 0 spiro atoms. The first-order valence-corrected chi connectivity index (χ1v) is 8.87. The fourth-order valence-electron chi connectivity index (χ4n) is 0.253. The Bertz CT molecular complexity index is 346. The standard InChI is InChI=1S/2H4O7P2.2Sn/c2*1-8(2,3)7-9(4,5)6;;/h2*(H2,1,2,3)(H2,4,5,6);;/q;;+2;+4/p-6. The van der Waals surface area contributed by atoms with Crippen molar-refractivity contribution in [2.75, 3.05) is 0 Å². The van der Waals surface area contributed by atoms with E-state index in [1.165, 1.54) is 0 Å². The van der Waals surface area contributed by atoms with Crippen molar-refractivity contribution in [2.45, 2.75) is 0 Å². The van der Waals surface area contributed by atoms with E-state index in [2.05, 4.69) is 8.62 Å². The Labute approximate surface area is 144 Å². The summed E-state index contributed by atoms with van der Waals surface area (Å²) in [6, 6.07) is 0. The third-order valence-electron chi connectivity index (χ3n) is 0.406. The van der Waals surface area contributed by atoms with Gasteiger partial charge in [-0.05, 0) is 0 Å². The van der Waals surface area contributed by atoms with Crippen LogP contribution in [0.15, 0.2) is 0 Å². The summed E-state index contributed by atoms with van der Waals surface area (Å²) in [4.78, 5) is 71.4. The van der Waals surface area contributed by atoms with Gasteiger partial charge in [0.25, 0.3) is 15.6 Å².